The van der Waals surface area contributed by atoms with E-state index in [2.05, 4.69) is 4.98 Å². The van der Waals surface area contributed by atoms with Crippen molar-refractivity contribution in [2.24, 2.45) is 0 Å². The van der Waals surface area contributed by atoms with Crippen LogP contribution in [0, 0.1) is 0 Å². The predicted octanol–water partition coefficient (Wildman–Crippen LogP) is 7.14. The minimum Gasteiger partial charge on any atom is -0.497 e. The van der Waals surface area contributed by atoms with Crippen molar-refractivity contribution in [1.29, 1.82) is 0 Å². The van der Waals surface area contributed by atoms with Gasteiger partial charge in [0.05, 0.1) is 40.6 Å². The van der Waals surface area contributed by atoms with Gasteiger partial charge in [0.1, 0.15) is 54.1 Å². The first kappa shape index (κ1) is 66.2. The van der Waals surface area contributed by atoms with Crippen molar-refractivity contribution in [1.82, 2.24) is 14.2 Å². The first-order valence-electron chi connectivity index (χ1n) is 27.9. The van der Waals surface area contributed by atoms with Crippen LogP contribution in [0.2, 0.25) is 0 Å². The molecule has 2 N–H and O–H groups in total. The Morgan fingerprint density at radius 1 is 0.686 bits per heavy atom. The average Bonchev–Trinajstić information content (AvgIpc) is 1.24. The van der Waals surface area contributed by atoms with Gasteiger partial charge in [0.15, 0.2) is 36.5 Å². The number of hydrogen-bond donors (Lipinski definition) is 1. The molecule has 10 atom stereocenters. The Morgan fingerprint density at radius 2 is 1.22 bits per heavy atom. The maximum Gasteiger partial charge on any atom is 0.409 e. The van der Waals surface area contributed by atoms with Gasteiger partial charge >= 0.3 is 37.3 Å². The highest BCUT2D eigenvalue weighted by molar-refractivity contribution is 7.51. The molecule has 0 spiro atoms. The van der Waals surface area contributed by atoms with Gasteiger partial charge in [-0.3, -0.25) is 37.6 Å². The number of anilines is 1. The molecule has 1 aromatic heterocycles. The molecule has 0 radical (unpaired) electrons. The van der Waals surface area contributed by atoms with Gasteiger partial charge in [-0.25, -0.2) is 14.0 Å². The molecule has 7 rings (SSSR count). The lowest BCUT2D eigenvalue weighted by atomic mass is 9.79. The van der Waals surface area contributed by atoms with Crippen molar-refractivity contribution in [3.05, 3.63) is 154 Å². The summed E-state index contributed by atoms with van der Waals surface area (Å²) >= 11 is 0. The smallest absolute Gasteiger partial charge is 0.409 e. The van der Waals surface area contributed by atoms with E-state index in [1.807, 2.05) is 82.3 Å². The third-order valence-electron chi connectivity index (χ3n) is 13.9. The van der Waals surface area contributed by atoms with Gasteiger partial charge < -0.3 is 57.8 Å². The molecule has 0 aliphatic carbocycles. The molecule has 24 nitrogen and oxygen atoms in total. The zero-order valence-corrected chi connectivity index (χ0v) is 50.6. The Balaban J connectivity index is 1.24. The van der Waals surface area contributed by atoms with Crippen molar-refractivity contribution >= 4 is 43.2 Å². The van der Waals surface area contributed by atoms with Crippen LogP contribution in [0.15, 0.2) is 126 Å². The number of aromatic nitrogens is 2. The van der Waals surface area contributed by atoms with Crippen LogP contribution >= 0.6 is 7.75 Å². The van der Waals surface area contributed by atoms with Crippen LogP contribution < -0.4 is 20.9 Å². The van der Waals surface area contributed by atoms with Crippen LogP contribution in [0.4, 0.5) is 5.82 Å². The summed E-state index contributed by atoms with van der Waals surface area (Å²) in [4.78, 5) is 82.3. The Morgan fingerprint density at radius 3 is 1.76 bits per heavy atom. The van der Waals surface area contributed by atoms with Gasteiger partial charge in [-0.2, -0.15) is 4.98 Å². The summed E-state index contributed by atoms with van der Waals surface area (Å²) in [5, 5.41) is 0. The highest BCUT2D eigenvalue weighted by Crippen LogP contribution is 2.58. The van der Waals surface area contributed by atoms with Crippen LogP contribution in [-0.4, -0.2) is 152 Å². The second-order valence-corrected chi connectivity index (χ2v) is 22.5. The van der Waals surface area contributed by atoms with E-state index in [9.17, 15) is 24.0 Å². The van der Waals surface area contributed by atoms with Crippen LogP contribution in [0.3, 0.4) is 0 Å². The lowest BCUT2D eigenvalue weighted by Crippen LogP contribution is -2.63. The fourth-order valence-corrected chi connectivity index (χ4v) is 12.7. The molecule has 3 heterocycles. The minimum absolute atomic E-state index is 0.0439. The van der Waals surface area contributed by atoms with Crippen molar-refractivity contribution < 1.29 is 89.7 Å². The summed E-state index contributed by atoms with van der Waals surface area (Å²) in [7, 11) is -1.46. The summed E-state index contributed by atoms with van der Waals surface area (Å²) in [5.74, 6) is -2.58. The molecule has 2 aliphatic heterocycles. The molecule has 2 unspecified atom stereocenters. The van der Waals surface area contributed by atoms with Gasteiger partial charge in [0.25, 0.3) is 0 Å². The predicted molar refractivity (Wildman–Crippen MR) is 309 cm³/mol. The van der Waals surface area contributed by atoms with E-state index in [0.717, 1.165) is 27.7 Å². The fourth-order valence-electron chi connectivity index (χ4n) is 10.5. The number of rotatable bonds is 29. The molecule has 0 bridgehead atoms. The van der Waals surface area contributed by atoms with E-state index in [-0.39, 0.29) is 44.2 Å². The number of carbonyl (C=O) groups is 5. The molecular formula is C61H75N4O20P. The second kappa shape index (κ2) is 30.3. The zero-order chi connectivity index (χ0) is 62.3. The number of Topliss-reactive ketones (excluding diaryl/α,β-unsaturated/α-hetero) is 1. The molecule has 2 saturated heterocycles. The monoisotopic (exact) mass is 1210 g/mol. The van der Waals surface area contributed by atoms with E-state index in [4.69, 9.17) is 66.9 Å². The number of ether oxygens (including phenoxy) is 11. The van der Waals surface area contributed by atoms with E-state index in [1.54, 1.807) is 73.5 Å². The van der Waals surface area contributed by atoms with Gasteiger partial charge in [-0.15, -0.1) is 0 Å². The lowest BCUT2D eigenvalue weighted by molar-refractivity contribution is -0.309. The van der Waals surface area contributed by atoms with E-state index >= 15 is 9.36 Å². The molecule has 0 amide bonds. The van der Waals surface area contributed by atoms with Gasteiger partial charge in [0.2, 0.25) is 0 Å². The van der Waals surface area contributed by atoms with Crippen molar-refractivity contribution in [3.63, 3.8) is 0 Å². The van der Waals surface area contributed by atoms with Crippen LogP contribution in [0.5, 0.6) is 11.5 Å². The Hall–Kier alpha value is -7.38. The number of ketones is 1. The fraction of sp³-hybridized carbons (Fsp3) is 0.459. The molecule has 25 heteroatoms. The van der Waals surface area contributed by atoms with E-state index < -0.39 is 123 Å². The van der Waals surface area contributed by atoms with Gasteiger partial charge in [-0.1, -0.05) is 84.9 Å². The highest BCUT2D eigenvalue weighted by Gasteiger charge is 2.55. The molecule has 2 fully saturated rings. The molecule has 464 valence electrons. The average molecular weight is 1220 g/mol. The van der Waals surface area contributed by atoms with Crippen molar-refractivity contribution in [2.45, 2.75) is 135 Å². The molecule has 0 saturated carbocycles. The third kappa shape index (κ3) is 16.4. The molecule has 2 aliphatic rings. The quantitative estimate of drug-likeness (QED) is 0.0124. The molecular weight excluding hydrogens is 1140 g/mol. The number of carbonyl (C=O) groups excluding carboxylic acids is 5. The third-order valence-corrected chi connectivity index (χ3v) is 16.5. The van der Waals surface area contributed by atoms with Crippen LogP contribution in [-0.2, 0) is 81.0 Å². The summed E-state index contributed by atoms with van der Waals surface area (Å²) in [5.41, 5.74) is 5.57. The maximum absolute atomic E-state index is 16.1. The Kier molecular flexibility index (Phi) is 23.3. The number of nitrogens with two attached hydrogens (primary N) is 1. The summed E-state index contributed by atoms with van der Waals surface area (Å²) in [6.45, 7) is 10.3. The molecule has 4 aromatic carbocycles. The summed E-state index contributed by atoms with van der Waals surface area (Å²) in [6, 6.07) is 32.7. The molecule has 86 heavy (non-hydrogen) atoms. The Bertz CT molecular complexity index is 3110. The van der Waals surface area contributed by atoms with Gasteiger partial charge in [-0.05, 0) is 74.7 Å². The number of nitrogen functional groups attached to an aromatic ring is 1. The first-order valence-corrected chi connectivity index (χ1v) is 29.4. The summed E-state index contributed by atoms with van der Waals surface area (Å²) < 4.78 is 97.5. The van der Waals surface area contributed by atoms with E-state index in [0.29, 0.717) is 28.2 Å². The number of hydrogen-bond acceptors (Lipinski definition) is 22. The SMILES string of the molecule is COc1ccc(C(OC(C(=O)c2ccccc2)[C@H]2O[C@@H](n3ccc(N)nc3=O)C[C@@H]2OP(=O)(OCCOCCO[C@@H]2O[C@H](COC(C)=O)[C@@H](OC(C)=O)[C@H](OC(C)=O)[C@H]2OC(C)=O)N(C(C)C)C(C)C)(c2ccccc2)c2ccc(OC)cc2)cc1. The maximum atomic E-state index is 16.1. The summed E-state index contributed by atoms with van der Waals surface area (Å²) in [6.07, 6.45) is -11.4. The number of methoxy groups -OCH3 is 2. The standard InChI is InChI=1S/C61H75N4O20P/c1-37(2)65(38(3)4)86(72,78-34-32-75-31-33-76-59-58(81-42(8)69)57(80-41(7)68)55(79-40(6)67)50(82-59)36-77-39(5)66)85-49-35-52(64-30-29-51(62)63-60(64)71)83-54(49)56(53(70)43-17-13-11-14-18-43)84-61(44-19-15-12-16-20-44,45-21-25-47(73-9)26-22-45)46-23-27-48(74-10)28-24-46/h11-30,37-38,49-50,52,54-59H,31-36H2,1-10H3,(H2,62,63,71)/t49-,50+,52+,54-,55+,56?,57-,58+,59+,86?/m0/s1. The second-order valence-electron chi connectivity index (χ2n) is 20.7. The topological polar surface area (TPSA) is 287 Å². The first-order chi connectivity index (χ1) is 41.1. The number of esters is 4. The number of benzene rings is 4. The van der Waals surface area contributed by atoms with E-state index in [1.165, 1.54) is 16.8 Å². The van der Waals surface area contributed by atoms with Crippen LogP contribution in [0.1, 0.15) is 95.1 Å². The van der Waals surface area contributed by atoms with Gasteiger partial charge in [0, 0.05) is 58.0 Å². The molecule has 5 aromatic rings. The van der Waals surface area contributed by atoms with Crippen molar-refractivity contribution in [3.8, 4) is 11.5 Å². The normalized spacial score (nSPS) is 21.5. The minimum atomic E-state index is -4.56. The van der Waals surface area contributed by atoms with Crippen LogP contribution in [0.25, 0.3) is 0 Å². The lowest BCUT2D eigenvalue weighted by Gasteiger charge is -2.44. The number of nitrogens with zero attached hydrogens (tertiary/aromatic N) is 3. The zero-order valence-electron chi connectivity index (χ0n) is 49.7. The van der Waals surface area contributed by atoms with Crippen molar-refractivity contribution in [2.75, 3.05) is 53.0 Å². The Labute approximate surface area is 498 Å². The highest BCUT2D eigenvalue weighted by atomic mass is 31.2. The largest absolute Gasteiger partial charge is 0.497 e.